The Balaban J connectivity index is 2.74. The minimum atomic E-state index is -1.24. The number of hydrogen-bond acceptors (Lipinski definition) is 8. The maximum Gasteiger partial charge on any atom is 0.408 e. The standard InChI is InChI=1S/C19H27N3O7/c1-5-27-17(24)15(20)22-29-16(23)14(21-18(25)28-19(2,3)4)12-26-11-13-9-7-6-8-10-13/h6-10,14H,5,11-12H2,1-4H3,(H2,20,22)(H,21,25)/t14-/m0/s1. The zero-order valence-electron chi connectivity index (χ0n) is 17.0. The lowest BCUT2D eigenvalue weighted by molar-refractivity contribution is -0.148. The van der Waals surface area contributed by atoms with E-state index in [0.717, 1.165) is 5.56 Å². The van der Waals surface area contributed by atoms with Crippen molar-refractivity contribution in [1.82, 2.24) is 5.32 Å². The van der Waals surface area contributed by atoms with Gasteiger partial charge < -0.3 is 30.1 Å². The second-order valence-electron chi connectivity index (χ2n) is 6.81. The first-order chi connectivity index (χ1) is 13.6. The molecule has 0 bridgehead atoms. The van der Waals surface area contributed by atoms with Gasteiger partial charge in [0, 0.05) is 0 Å². The van der Waals surface area contributed by atoms with Crippen molar-refractivity contribution < 1.29 is 33.4 Å². The number of ether oxygens (including phenoxy) is 3. The molecule has 0 heterocycles. The molecule has 0 aliphatic carbocycles. The molecule has 1 atom stereocenters. The van der Waals surface area contributed by atoms with Gasteiger partial charge >= 0.3 is 18.0 Å². The van der Waals surface area contributed by atoms with Gasteiger partial charge in [0.05, 0.1) is 19.8 Å². The highest BCUT2D eigenvalue weighted by Crippen LogP contribution is 2.08. The first kappa shape index (κ1) is 23.9. The number of carbonyl (C=O) groups is 3. The summed E-state index contributed by atoms with van der Waals surface area (Å²) in [5.74, 6) is -2.56. The molecule has 160 valence electrons. The lowest BCUT2D eigenvalue weighted by atomic mass is 10.2. The van der Waals surface area contributed by atoms with Crippen LogP contribution in [0.5, 0.6) is 0 Å². The molecule has 1 aromatic rings. The summed E-state index contributed by atoms with van der Waals surface area (Å²) >= 11 is 0. The number of nitrogens with one attached hydrogen (secondary N) is 1. The Hall–Kier alpha value is -3.14. The number of amidine groups is 1. The maximum absolute atomic E-state index is 12.3. The van der Waals surface area contributed by atoms with Gasteiger partial charge in [-0.05, 0) is 33.3 Å². The Kier molecular flexibility index (Phi) is 9.60. The van der Waals surface area contributed by atoms with Crippen molar-refractivity contribution in [2.24, 2.45) is 10.9 Å². The lowest BCUT2D eigenvalue weighted by Gasteiger charge is -2.22. The summed E-state index contributed by atoms with van der Waals surface area (Å²) < 4.78 is 15.2. The summed E-state index contributed by atoms with van der Waals surface area (Å²) in [5.41, 5.74) is 5.48. The number of carbonyl (C=O) groups excluding carboxylic acids is 3. The van der Waals surface area contributed by atoms with E-state index in [9.17, 15) is 14.4 Å². The molecule has 0 aliphatic rings. The molecule has 1 amide bonds. The molecule has 0 aliphatic heterocycles. The maximum atomic E-state index is 12.3. The number of benzene rings is 1. The molecule has 0 aromatic heterocycles. The Morgan fingerprint density at radius 3 is 2.41 bits per heavy atom. The molecule has 10 heteroatoms. The van der Waals surface area contributed by atoms with Crippen LogP contribution in [0.25, 0.3) is 0 Å². The molecule has 3 N–H and O–H groups in total. The quantitative estimate of drug-likeness (QED) is 0.216. The first-order valence-corrected chi connectivity index (χ1v) is 8.95. The van der Waals surface area contributed by atoms with Gasteiger partial charge in [0.25, 0.3) is 0 Å². The fourth-order valence-electron chi connectivity index (χ4n) is 1.89. The zero-order chi connectivity index (χ0) is 21.9. The number of rotatable bonds is 8. The Labute approximate surface area is 169 Å². The Morgan fingerprint density at radius 1 is 1.17 bits per heavy atom. The van der Waals surface area contributed by atoms with Gasteiger partial charge in [-0.15, -0.1) is 0 Å². The van der Waals surface area contributed by atoms with E-state index in [-0.39, 0.29) is 19.8 Å². The number of nitrogens with two attached hydrogens (primary N) is 1. The Morgan fingerprint density at radius 2 is 1.83 bits per heavy atom. The summed E-state index contributed by atoms with van der Waals surface area (Å²) in [5, 5.41) is 5.59. The van der Waals surface area contributed by atoms with Crippen molar-refractivity contribution in [1.29, 1.82) is 0 Å². The molecule has 1 aromatic carbocycles. The third kappa shape index (κ3) is 10.1. The third-order valence-electron chi connectivity index (χ3n) is 3.09. The summed E-state index contributed by atoms with van der Waals surface area (Å²) in [6.45, 7) is 6.68. The number of amides is 1. The van der Waals surface area contributed by atoms with Crippen molar-refractivity contribution in [3.8, 4) is 0 Å². The van der Waals surface area contributed by atoms with Crippen molar-refractivity contribution in [2.45, 2.75) is 45.9 Å². The molecule has 0 spiro atoms. The molecule has 0 saturated carbocycles. The highest BCUT2D eigenvalue weighted by atomic mass is 16.7. The van der Waals surface area contributed by atoms with Crippen LogP contribution in [0.15, 0.2) is 35.5 Å². The van der Waals surface area contributed by atoms with Crippen LogP contribution in [0.4, 0.5) is 4.79 Å². The summed E-state index contributed by atoms with van der Waals surface area (Å²) in [7, 11) is 0. The topological polar surface area (TPSA) is 139 Å². The molecule has 0 radical (unpaired) electrons. The van der Waals surface area contributed by atoms with Gasteiger partial charge in [-0.1, -0.05) is 35.5 Å². The molecule has 0 fully saturated rings. The van der Waals surface area contributed by atoms with Crippen LogP contribution in [0.2, 0.25) is 0 Å². The van der Waals surface area contributed by atoms with Crippen LogP contribution < -0.4 is 11.1 Å². The third-order valence-corrected chi connectivity index (χ3v) is 3.09. The predicted octanol–water partition coefficient (Wildman–Crippen LogP) is 1.48. The fourth-order valence-corrected chi connectivity index (χ4v) is 1.89. The van der Waals surface area contributed by atoms with E-state index >= 15 is 0 Å². The minimum Gasteiger partial charge on any atom is -0.460 e. The second-order valence-corrected chi connectivity index (χ2v) is 6.81. The number of alkyl carbamates (subject to hydrolysis) is 1. The minimum absolute atomic E-state index is 0.0825. The van der Waals surface area contributed by atoms with Crippen molar-refractivity contribution >= 4 is 23.9 Å². The van der Waals surface area contributed by atoms with E-state index in [2.05, 4.69) is 20.0 Å². The Bertz CT molecular complexity index is 714. The number of esters is 1. The monoisotopic (exact) mass is 409 g/mol. The van der Waals surface area contributed by atoms with Crippen LogP contribution in [-0.2, 0) is 35.2 Å². The van der Waals surface area contributed by atoms with E-state index < -0.39 is 35.5 Å². The van der Waals surface area contributed by atoms with Crippen molar-refractivity contribution in [3.05, 3.63) is 35.9 Å². The van der Waals surface area contributed by atoms with Crippen molar-refractivity contribution in [2.75, 3.05) is 13.2 Å². The molecule has 1 rings (SSSR count). The van der Waals surface area contributed by atoms with Crippen LogP contribution in [0.1, 0.15) is 33.3 Å². The second kappa shape index (κ2) is 11.6. The number of hydrogen-bond donors (Lipinski definition) is 2. The van der Waals surface area contributed by atoms with Crippen molar-refractivity contribution in [3.63, 3.8) is 0 Å². The van der Waals surface area contributed by atoms with Gasteiger partial charge in [-0.2, -0.15) is 0 Å². The predicted molar refractivity (Wildman–Crippen MR) is 104 cm³/mol. The zero-order valence-corrected chi connectivity index (χ0v) is 17.0. The average molecular weight is 409 g/mol. The molecule has 0 unspecified atom stereocenters. The van der Waals surface area contributed by atoms with Crippen LogP contribution in [0, 0.1) is 0 Å². The molecule has 29 heavy (non-hydrogen) atoms. The van der Waals surface area contributed by atoms with Gasteiger partial charge in [-0.3, -0.25) is 0 Å². The molecule has 0 saturated heterocycles. The summed E-state index contributed by atoms with van der Waals surface area (Å²) in [4.78, 5) is 40.3. The lowest BCUT2D eigenvalue weighted by Crippen LogP contribution is -2.46. The van der Waals surface area contributed by atoms with Gasteiger partial charge in [0.15, 0.2) is 6.04 Å². The average Bonchev–Trinajstić information content (AvgIpc) is 2.64. The van der Waals surface area contributed by atoms with Crippen LogP contribution >= 0.6 is 0 Å². The molecular weight excluding hydrogens is 382 g/mol. The molecular formula is C19H27N3O7. The fraction of sp³-hybridized carbons (Fsp3) is 0.474. The smallest absolute Gasteiger partial charge is 0.408 e. The molecule has 10 nitrogen and oxygen atoms in total. The normalized spacial score (nSPS) is 12.6. The van der Waals surface area contributed by atoms with Gasteiger partial charge in [0.2, 0.25) is 5.84 Å². The first-order valence-electron chi connectivity index (χ1n) is 8.95. The van der Waals surface area contributed by atoms with E-state index in [0.29, 0.717) is 0 Å². The summed E-state index contributed by atoms with van der Waals surface area (Å²) in [6, 6.07) is 8.00. The van der Waals surface area contributed by atoms with Crippen LogP contribution in [-0.4, -0.2) is 48.7 Å². The largest absolute Gasteiger partial charge is 0.460 e. The van der Waals surface area contributed by atoms with E-state index in [4.69, 9.17) is 15.2 Å². The number of oxime groups is 1. The van der Waals surface area contributed by atoms with Gasteiger partial charge in [0.1, 0.15) is 5.60 Å². The highest BCUT2D eigenvalue weighted by molar-refractivity contribution is 6.34. The van der Waals surface area contributed by atoms with Crippen LogP contribution in [0.3, 0.4) is 0 Å². The SMILES string of the molecule is CCOC(=O)/C(N)=N/OC(=O)[C@H](COCc1ccccc1)NC(=O)OC(C)(C)C. The van der Waals surface area contributed by atoms with E-state index in [1.165, 1.54) is 0 Å². The number of nitrogens with zero attached hydrogens (tertiary/aromatic N) is 1. The van der Waals surface area contributed by atoms with E-state index in [1.54, 1.807) is 27.7 Å². The van der Waals surface area contributed by atoms with E-state index in [1.807, 2.05) is 30.3 Å². The van der Waals surface area contributed by atoms with Gasteiger partial charge in [-0.25, -0.2) is 14.4 Å². The summed E-state index contributed by atoms with van der Waals surface area (Å²) in [6.07, 6.45) is -0.842. The highest BCUT2D eigenvalue weighted by Gasteiger charge is 2.27.